The maximum atomic E-state index is 14.4. The van der Waals surface area contributed by atoms with Crippen LogP contribution in [0.25, 0.3) is 0 Å². The van der Waals surface area contributed by atoms with E-state index in [1.54, 1.807) is 0 Å². The van der Waals surface area contributed by atoms with Gasteiger partial charge in [0.05, 0.1) is 6.61 Å². The summed E-state index contributed by atoms with van der Waals surface area (Å²) in [5.41, 5.74) is 3.34. The van der Waals surface area contributed by atoms with Crippen molar-refractivity contribution >= 4 is 0 Å². The third-order valence-corrected chi connectivity index (χ3v) is 7.81. The average molecular weight is 330 g/mol. The van der Waals surface area contributed by atoms with Crippen LogP contribution in [0.4, 0.5) is 4.39 Å². The number of fused-ring (bicyclic) bond motifs is 5. The molecular weight excluding hydrogens is 299 g/mol. The molecule has 4 aliphatic carbocycles. The van der Waals surface area contributed by atoms with Gasteiger partial charge in [0, 0.05) is 6.42 Å². The first-order valence-electron chi connectivity index (χ1n) is 9.97. The summed E-state index contributed by atoms with van der Waals surface area (Å²) in [5.74, 6) is 3.53. The Bertz CT molecular complexity index is 613. The van der Waals surface area contributed by atoms with Gasteiger partial charge in [0.25, 0.3) is 0 Å². The van der Waals surface area contributed by atoms with Gasteiger partial charge in [0.2, 0.25) is 0 Å². The summed E-state index contributed by atoms with van der Waals surface area (Å²) in [4.78, 5) is 0. The van der Waals surface area contributed by atoms with E-state index >= 15 is 0 Å². The van der Waals surface area contributed by atoms with Crippen LogP contribution in [0, 0.1) is 29.1 Å². The molecule has 0 aromatic carbocycles. The Morgan fingerprint density at radius 1 is 1.25 bits per heavy atom. The summed E-state index contributed by atoms with van der Waals surface area (Å²) in [5, 5.41) is 0. The molecule has 0 spiro atoms. The van der Waals surface area contributed by atoms with Crippen LogP contribution >= 0.6 is 0 Å². The smallest absolute Gasteiger partial charge is 0.151 e. The minimum atomic E-state index is -0.0991. The van der Waals surface area contributed by atoms with E-state index in [4.69, 9.17) is 4.74 Å². The molecule has 132 valence electrons. The van der Waals surface area contributed by atoms with Gasteiger partial charge in [0.1, 0.15) is 5.83 Å². The fourth-order valence-electron chi connectivity index (χ4n) is 6.27. The van der Waals surface area contributed by atoms with Crippen molar-refractivity contribution in [1.82, 2.24) is 0 Å². The third kappa shape index (κ3) is 2.40. The molecule has 0 radical (unpaired) electrons. The predicted molar refractivity (Wildman–Crippen MR) is 96.0 cm³/mol. The van der Waals surface area contributed by atoms with Gasteiger partial charge in [0.15, 0.2) is 5.76 Å². The van der Waals surface area contributed by atoms with Gasteiger partial charge >= 0.3 is 0 Å². The Kier molecular flexibility index (Phi) is 4.13. The zero-order valence-electron chi connectivity index (χ0n) is 15.4. The van der Waals surface area contributed by atoms with E-state index in [0.29, 0.717) is 30.1 Å². The predicted octanol–water partition coefficient (Wildman–Crippen LogP) is 6.33. The highest BCUT2D eigenvalue weighted by Crippen LogP contribution is 2.62. The van der Waals surface area contributed by atoms with Crippen molar-refractivity contribution in [2.24, 2.45) is 29.1 Å². The Morgan fingerprint density at radius 2 is 2.08 bits per heavy atom. The minimum Gasteiger partial charge on any atom is -0.491 e. The van der Waals surface area contributed by atoms with E-state index < -0.39 is 0 Å². The molecule has 24 heavy (non-hydrogen) atoms. The van der Waals surface area contributed by atoms with Gasteiger partial charge in [-0.3, -0.25) is 0 Å². The molecule has 2 heteroatoms. The SMILES string of the molecule is CCOC1=C(F)CC=C2CCC3C(CCC4(C)C(C)CCC34)C2=C1. The fourth-order valence-corrected chi connectivity index (χ4v) is 6.27. The fraction of sp³-hybridized carbons (Fsp3) is 0.727. The van der Waals surface area contributed by atoms with E-state index in [2.05, 4.69) is 26.0 Å². The van der Waals surface area contributed by atoms with E-state index in [1.165, 1.54) is 43.3 Å². The normalized spacial score (nSPS) is 41.7. The van der Waals surface area contributed by atoms with Crippen molar-refractivity contribution in [3.05, 3.63) is 34.9 Å². The molecular formula is C22H31FO. The number of halogens is 1. The second-order valence-corrected chi connectivity index (χ2v) is 8.67. The molecule has 0 aromatic rings. The summed E-state index contributed by atoms with van der Waals surface area (Å²) >= 11 is 0. The molecule has 5 atom stereocenters. The first-order valence-corrected chi connectivity index (χ1v) is 9.97. The average Bonchev–Trinajstić information content (AvgIpc) is 2.78. The van der Waals surface area contributed by atoms with Gasteiger partial charge in [-0.15, -0.1) is 0 Å². The quantitative estimate of drug-likeness (QED) is 0.574. The van der Waals surface area contributed by atoms with Crippen molar-refractivity contribution in [3.63, 3.8) is 0 Å². The van der Waals surface area contributed by atoms with E-state index in [9.17, 15) is 4.39 Å². The monoisotopic (exact) mass is 330 g/mol. The molecule has 0 aliphatic heterocycles. The van der Waals surface area contributed by atoms with Gasteiger partial charge in [-0.25, -0.2) is 4.39 Å². The highest BCUT2D eigenvalue weighted by atomic mass is 19.1. The second-order valence-electron chi connectivity index (χ2n) is 8.67. The lowest BCUT2D eigenvalue weighted by atomic mass is 9.53. The molecule has 1 nitrogen and oxygen atoms in total. The topological polar surface area (TPSA) is 9.23 Å². The van der Waals surface area contributed by atoms with Gasteiger partial charge in [-0.1, -0.05) is 19.9 Å². The van der Waals surface area contributed by atoms with Crippen molar-refractivity contribution in [1.29, 1.82) is 0 Å². The van der Waals surface area contributed by atoms with Crippen molar-refractivity contribution in [2.45, 2.75) is 65.7 Å². The van der Waals surface area contributed by atoms with Crippen LogP contribution < -0.4 is 0 Å². The van der Waals surface area contributed by atoms with Crippen LogP contribution in [0.2, 0.25) is 0 Å². The third-order valence-electron chi connectivity index (χ3n) is 7.81. The molecule has 4 rings (SSSR count). The van der Waals surface area contributed by atoms with Crippen LogP contribution in [0.1, 0.15) is 65.7 Å². The number of hydrogen-bond acceptors (Lipinski definition) is 1. The van der Waals surface area contributed by atoms with Crippen LogP contribution in [0.3, 0.4) is 0 Å². The van der Waals surface area contributed by atoms with Crippen LogP contribution in [-0.2, 0) is 4.74 Å². The van der Waals surface area contributed by atoms with Gasteiger partial charge in [-0.2, -0.15) is 0 Å². The van der Waals surface area contributed by atoms with E-state index in [0.717, 1.165) is 24.2 Å². The standard InChI is InChI=1S/C22H31FO/c1-4-24-21-13-18-15(7-10-20(21)23)6-8-17-16(18)11-12-22(3)14(2)5-9-19(17)22/h7,13-14,16-17,19H,4-6,8-12H2,1-3H3. The Labute approximate surface area is 146 Å². The van der Waals surface area contributed by atoms with Gasteiger partial charge in [-0.05, 0) is 91.8 Å². The van der Waals surface area contributed by atoms with Crippen LogP contribution in [0.15, 0.2) is 34.9 Å². The molecule has 0 N–H and O–H groups in total. The molecule has 0 bridgehead atoms. The number of rotatable bonds is 2. The lowest BCUT2D eigenvalue weighted by molar-refractivity contribution is 0.0200. The lowest BCUT2D eigenvalue weighted by Gasteiger charge is -2.51. The molecule has 3 fully saturated rings. The highest BCUT2D eigenvalue weighted by Gasteiger charge is 2.53. The highest BCUT2D eigenvalue weighted by molar-refractivity contribution is 5.44. The molecule has 3 saturated carbocycles. The summed E-state index contributed by atoms with van der Waals surface area (Å²) in [6.07, 6.45) is 12.4. The van der Waals surface area contributed by atoms with Crippen molar-refractivity contribution in [3.8, 4) is 0 Å². The molecule has 4 aliphatic rings. The maximum Gasteiger partial charge on any atom is 0.151 e. The minimum absolute atomic E-state index is 0.0991. The molecule has 0 saturated heterocycles. The molecule has 5 unspecified atom stereocenters. The Hall–Kier alpha value is -1.05. The summed E-state index contributed by atoms with van der Waals surface area (Å²) in [7, 11) is 0. The second kappa shape index (κ2) is 6.04. The summed E-state index contributed by atoms with van der Waals surface area (Å²) in [6, 6.07) is 0. The molecule has 0 heterocycles. The Morgan fingerprint density at radius 3 is 2.88 bits per heavy atom. The first-order chi connectivity index (χ1) is 11.5. The molecule has 0 amide bonds. The zero-order chi connectivity index (χ0) is 16.9. The number of allylic oxidation sites excluding steroid dienone is 5. The summed E-state index contributed by atoms with van der Waals surface area (Å²) < 4.78 is 20.0. The zero-order valence-corrected chi connectivity index (χ0v) is 15.4. The van der Waals surface area contributed by atoms with Crippen molar-refractivity contribution < 1.29 is 9.13 Å². The Balaban J connectivity index is 1.68. The first kappa shape index (κ1) is 16.4. The van der Waals surface area contributed by atoms with Crippen LogP contribution in [0.5, 0.6) is 0 Å². The van der Waals surface area contributed by atoms with E-state index in [-0.39, 0.29) is 5.83 Å². The van der Waals surface area contributed by atoms with Crippen molar-refractivity contribution in [2.75, 3.05) is 6.61 Å². The maximum absolute atomic E-state index is 14.4. The largest absolute Gasteiger partial charge is 0.491 e. The van der Waals surface area contributed by atoms with E-state index in [1.807, 2.05) is 6.92 Å². The van der Waals surface area contributed by atoms with Gasteiger partial charge < -0.3 is 4.74 Å². The van der Waals surface area contributed by atoms with Crippen LogP contribution in [-0.4, -0.2) is 6.61 Å². The number of hydrogen-bond donors (Lipinski definition) is 0. The number of ether oxygens (including phenoxy) is 1. The lowest BCUT2D eigenvalue weighted by Crippen LogP contribution is -2.43. The summed E-state index contributed by atoms with van der Waals surface area (Å²) in [6.45, 7) is 7.48. The molecule has 0 aromatic heterocycles.